The summed E-state index contributed by atoms with van der Waals surface area (Å²) in [6.45, 7) is 0.0536. The van der Waals surface area contributed by atoms with Gasteiger partial charge in [-0.05, 0) is 42.3 Å². The Bertz CT molecular complexity index is 1010. The van der Waals surface area contributed by atoms with E-state index in [1.807, 2.05) is 0 Å². The Morgan fingerprint density at radius 1 is 1.17 bits per heavy atom. The fourth-order valence-corrected chi connectivity index (χ4v) is 3.29. The maximum atomic E-state index is 12.4. The molecule has 3 N–H and O–H groups in total. The van der Waals surface area contributed by atoms with Gasteiger partial charge in [-0.2, -0.15) is 0 Å². The Labute approximate surface area is 169 Å². The van der Waals surface area contributed by atoms with Crippen LogP contribution in [0, 0.1) is 0 Å². The van der Waals surface area contributed by atoms with E-state index in [0.717, 1.165) is 12.1 Å². The molecule has 29 heavy (non-hydrogen) atoms. The number of nitrogens with two attached hydrogens (primary N) is 1. The SMILES string of the molecule is COc1ccc(Cl)cc1C(=O)NCCc1ccc(OC(F)(F)F)c(S(N)(=O)=O)c1. The zero-order valence-electron chi connectivity index (χ0n) is 14.9. The molecule has 0 radical (unpaired) electrons. The van der Waals surface area contributed by atoms with Gasteiger partial charge in [-0.1, -0.05) is 17.7 Å². The summed E-state index contributed by atoms with van der Waals surface area (Å²) in [5, 5.41) is 7.89. The minimum Gasteiger partial charge on any atom is -0.496 e. The lowest BCUT2D eigenvalue weighted by Crippen LogP contribution is -2.26. The van der Waals surface area contributed by atoms with Crippen LogP contribution in [0.4, 0.5) is 13.2 Å². The largest absolute Gasteiger partial charge is 0.573 e. The highest BCUT2D eigenvalue weighted by atomic mass is 35.5. The molecule has 0 saturated heterocycles. The second-order valence-corrected chi connectivity index (χ2v) is 7.69. The minimum absolute atomic E-state index is 0.0536. The van der Waals surface area contributed by atoms with E-state index in [0.29, 0.717) is 16.3 Å². The lowest BCUT2D eigenvalue weighted by molar-refractivity contribution is -0.275. The smallest absolute Gasteiger partial charge is 0.496 e. The average Bonchev–Trinajstić information content (AvgIpc) is 2.60. The number of carbonyl (C=O) groups is 1. The number of ether oxygens (including phenoxy) is 2. The highest BCUT2D eigenvalue weighted by Crippen LogP contribution is 2.30. The van der Waals surface area contributed by atoms with Crippen molar-refractivity contribution in [1.29, 1.82) is 0 Å². The van der Waals surface area contributed by atoms with Gasteiger partial charge in [0.1, 0.15) is 16.4 Å². The Morgan fingerprint density at radius 2 is 1.83 bits per heavy atom. The lowest BCUT2D eigenvalue weighted by atomic mass is 10.1. The zero-order valence-corrected chi connectivity index (χ0v) is 16.5. The first kappa shape index (κ1) is 22.8. The summed E-state index contributed by atoms with van der Waals surface area (Å²) in [5.41, 5.74) is 0.515. The molecule has 0 aliphatic heterocycles. The Morgan fingerprint density at radius 3 is 2.41 bits per heavy atom. The van der Waals surface area contributed by atoms with E-state index < -0.39 is 32.9 Å². The van der Waals surface area contributed by atoms with Crippen molar-refractivity contribution in [3.05, 3.63) is 52.5 Å². The standard InChI is InChI=1S/C17H16ClF3N2O5S/c1-27-13-5-3-11(18)9-12(13)16(24)23-7-6-10-2-4-14(28-17(19,20)21)15(8-10)29(22,25)26/h2-5,8-9H,6-7H2,1H3,(H,23,24)(H2,22,25,26). The minimum atomic E-state index is -5.08. The van der Waals surface area contributed by atoms with Crippen LogP contribution in [-0.4, -0.2) is 34.3 Å². The molecule has 0 fully saturated rings. The molecular weight excluding hydrogens is 437 g/mol. The van der Waals surface area contributed by atoms with Crippen molar-refractivity contribution in [3.63, 3.8) is 0 Å². The van der Waals surface area contributed by atoms with Crippen LogP contribution < -0.4 is 19.9 Å². The number of hydrogen-bond acceptors (Lipinski definition) is 5. The number of carbonyl (C=O) groups excluding carboxylic acids is 1. The van der Waals surface area contributed by atoms with Crippen LogP contribution in [0.15, 0.2) is 41.3 Å². The predicted molar refractivity (Wildman–Crippen MR) is 98.5 cm³/mol. The molecule has 0 aliphatic rings. The van der Waals surface area contributed by atoms with Crippen LogP contribution in [0.2, 0.25) is 5.02 Å². The van der Waals surface area contributed by atoms with Crippen molar-refractivity contribution in [2.45, 2.75) is 17.7 Å². The van der Waals surface area contributed by atoms with Gasteiger partial charge >= 0.3 is 6.36 Å². The number of hydrogen-bond donors (Lipinski definition) is 2. The van der Waals surface area contributed by atoms with Crippen LogP contribution >= 0.6 is 11.6 Å². The Balaban J connectivity index is 2.13. The molecule has 2 aromatic carbocycles. The molecule has 0 aromatic heterocycles. The molecule has 158 valence electrons. The third-order valence-electron chi connectivity index (χ3n) is 3.65. The lowest BCUT2D eigenvalue weighted by Gasteiger charge is -2.14. The molecule has 1 amide bonds. The van der Waals surface area contributed by atoms with Crippen molar-refractivity contribution in [1.82, 2.24) is 5.32 Å². The van der Waals surface area contributed by atoms with E-state index >= 15 is 0 Å². The van der Waals surface area contributed by atoms with Gasteiger partial charge in [0.2, 0.25) is 10.0 Å². The number of halogens is 4. The second-order valence-electron chi connectivity index (χ2n) is 5.72. The topological polar surface area (TPSA) is 108 Å². The molecule has 0 saturated carbocycles. The van der Waals surface area contributed by atoms with Gasteiger partial charge in [0, 0.05) is 11.6 Å². The van der Waals surface area contributed by atoms with Gasteiger partial charge in [-0.3, -0.25) is 4.79 Å². The maximum absolute atomic E-state index is 12.4. The van der Waals surface area contributed by atoms with Gasteiger partial charge in [0.05, 0.1) is 12.7 Å². The molecular formula is C17H16ClF3N2O5S. The first-order valence-corrected chi connectivity index (χ1v) is 9.86. The predicted octanol–water partition coefficient (Wildman–Crippen LogP) is 2.87. The van der Waals surface area contributed by atoms with Crippen LogP contribution in [0.25, 0.3) is 0 Å². The highest BCUT2D eigenvalue weighted by molar-refractivity contribution is 7.89. The summed E-state index contributed by atoms with van der Waals surface area (Å²) < 4.78 is 69.3. The fraction of sp³-hybridized carbons (Fsp3) is 0.235. The summed E-state index contributed by atoms with van der Waals surface area (Å²) in [6, 6.07) is 7.54. The number of sulfonamides is 1. The first-order chi connectivity index (χ1) is 13.4. The summed E-state index contributed by atoms with van der Waals surface area (Å²) in [7, 11) is -3.08. The molecule has 0 aliphatic carbocycles. The number of rotatable bonds is 7. The van der Waals surface area contributed by atoms with Crippen molar-refractivity contribution in [2.75, 3.05) is 13.7 Å². The monoisotopic (exact) mass is 452 g/mol. The van der Waals surface area contributed by atoms with Crippen LogP contribution in [-0.2, 0) is 16.4 Å². The first-order valence-electron chi connectivity index (χ1n) is 7.94. The van der Waals surface area contributed by atoms with Crippen molar-refractivity contribution in [3.8, 4) is 11.5 Å². The number of benzene rings is 2. The molecule has 0 spiro atoms. The summed E-state index contributed by atoms with van der Waals surface area (Å²) in [4.78, 5) is 11.5. The van der Waals surface area contributed by atoms with Crippen molar-refractivity contribution in [2.24, 2.45) is 5.14 Å². The molecule has 12 heteroatoms. The van der Waals surface area contributed by atoms with Crippen molar-refractivity contribution < 1.29 is 35.9 Å². The Hall–Kier alpha value is -2.50. The van der Waals surface area contributed by atoms with E-state index in [4.69, 9.17) is 21.5 Å². The molecule has 0 bridgehead atoms. The van der Waals surface area contributed by atoms with Crippen LogP contribution in [0.5, 0.6) is 11.5 Å². The van der Waals surface area contributed by atoms with Crippen LogP contribution in [0.1, 0.15) is 15.9 Å². The second kappa shape index (κ2) is 8.89. The number of amides is 1. The quantitative estimate of drug-likeness (QED) is 0.671. The number of methoxy groups -OCH3 is 1. The highest BCUT2D eigenvalue weighted by Gasteiger charge is 2.33. The van der Waals surface area contributed by atoms with Gasteiger partial charge in [-0.15, -0.1) is 13.2 Å². The van der Waals surface area contributed by atoms with Crippen LogP contribution in [0.3, 0.4) is 0 Å². The normalized spacial score (nSPS) is 11.8. The summed E-state index contributed by atoms with van der Waals surface area (Å²) >= 11 is 5.87. The number of primary sulfonamides is 1. The number of alkyl halides is 3. The van der Waals surface area contributed by atoms with Gasteiger partial charge in [0.15, 0.2) is 0 Å². The van der Waals surface area contributed by atoms with E-state index in [-0.39, 0.29) is 18.5 Å². The molecule has 0 heterocycles. The van der Waals surface area contributed by atoms with Gasteiger partial charge in [-0.25, -0.2) is 13.6 Å². The van der Waals surface area contributed by atoms with Gasteiger partial charge in [0.25, 0.3) is 5.91 Å². The molecule has 0 unspecified atom stereocenters. The summed E-state index contributed by atoms with van der Waals surface area (Å²) in [6.07, 6.45) is -4.96. The maximum Gasteiger partial charge on any atom is 0.573 e. The van der Waals surface area contributed by atoms with E-state index in [9.17, 15) is 26.4 Å². The Kier molecular flexibility index (Phi) is 6.98. The van der Waals surface area contributed by atoms with Crippen molar-refractivity contribution >= 4 is 27.5 Å². The molecule has 2 aromatic rings. The number of nitrogens with one attached hydrogen (secondary N) is 1. The zero-order chi connectivity index (χ0) is 21.8. The molecule has 7 nitrogen and oxygen atoms in total. The fourth-order valence-electron chi connectivity index (χ4n) is 2.41. The van der Waals surface area contributed by atoms with E-state index in [1.165, 1.54) is 25.3 Å². The summed E-state index contributed by atoms with van der Waals surface area (Å²) in [5.74, 6) is -1.12. The average molecular weight is 453 g/mol. The molecule has 2 rings (SSSR count). The molecule has 0 atom stereocenters. The third kappa shape index (κ3) is 6.51. The van der Waals surface area contributed by atoms with E-state index in [1.54, 1.807) is 6.07 Å². The van der Waals surface area contributed by atoms with Gasteiger partial charge < -0.3 is 14.8 Å². The third-order valence-corrected chi connectivity index (χ3v) is 4.81. The van der Waals surface area contributed by atoms with E-state index in [2.05, 4.69) is 10.1 Å².